The Labute approximate surface area is 309 Å². The number of benzene rings is 4. The van der Waals surface area contributed by atoms with E-state index in [2.05, 4.69) is 47.2 Å². The van der Waals surface area contributed by atoms with Crippen LogP contribution in [-0.4, -0.2) is 63.5 Å². The van der Waals surface area contributed by atoms with Crippen molar-refractivity contribution in [2.75, 3.05) is 41.7 Å². The Balaban J connectivity index is 0.933. The van der Waals surface area contributed by atoms with Crippen molar-refractivity contribution in [3.05, 3.63) is 124 Å². The summed E-state index contributed by atoms with van der Waals surface area (Å²) in [5.41, 5.74) is 12.3. The van der Waals surface area contributed by atoms with Crippen LogP contribution in [0.2, 0.25) is 0 Å². The van der Waals surface area contributed by atoms with E-state index < -0.39 is 5.41 Å². The topological polar surface area (TPSA) is 175 Å². The fourth-order valence-corrected chi connectivity index (χ4v) is 7.93. The van der Waals surface area contributed by atoms with Gasteiger partial charge in [0.1, 0.15) is 23.6 Å². The van der Waals surface area contributed by atoms with Gasteiger partial charge in [0.25, 0.3) is 5.91 Å². The summed E-state index contributed by atoms with van der Waals surface area (Å²) in [4.78, 5) is 47.7. The van der Waals surface area contributed by atoms with E-state index >= 15 is 0 Å². The number of amides is 1. The maximum Gasteiger partial charge on any atom is 0.251 e. The minimum atomic E-state index is -1.23. The molecule has 2 saturated heterocycles. The molecule has 10 rings (SSSR count). The Bertz CT molecular complexity index is 2480. The number of anilines is 3. The molecule has 0 unspecified atom stereocenters. The fraction of sp³-hybridized carbons (Fsp3) is 0.220. The van der Waals surface area contributed by atoms with Gasteiger partial charge in [-0.25, -0.2) is 4.98 Å². The highest BCUT2D eigenvalue weighted by Gasteiger charge is 2.56. The monoisotopic (exact) mass is 717 g/mol. The molecule has 13 nitrogen and oxygen atoms in total. The van der Waals surface area contributed by atoms with Crippen molar-refractivity contribution < 1.29 is 19.1 Å². The number of nitrogen functional groups attached to an aromatic ring is 1. The van der Waals surface area contributed by atoms with Gasteiger partial charge < -0.3 is 35.3 Å². The van der Waals surface area contributed by atoms with E-state index in [1.807, 2.05) is 48.5 Å². The smallest absolute Gasteiger partial charge is 0.251 e. The Hall–Kier alpha value is -6.76. The van der Waals surface area contributed by atoms with Gasteiger partial charge in [-0.15, -0.1) is 0 Å². The molecule has 0 bridgehead atoms. The van der Waals surface area contributed by atoms with Gasteiger partial charge in [-0.1, -0.05) is 36.4 Å². The number of imidazole rings is 1. The number of hydrogen-bond donors (Lipinski definition) is 4. The van der Waals surface area contributed by atoms with Crippen molar-refractivity contribution in [2.45, 2.75) is 31.4 Å². The largest absolute Gasteiger partial charge is 0.471 e. The number of ketones is 1. The molecule has 5 N–H and O–H groups in total. The number of fused-ring (bicyclic) bond motifs is 7. The molecule has 5 heterocycles. The number of carbonyl (C=O) groups excluding carboxylic acids is 2. The predicted octanol–water partition coefficient (Wildman–Crippen LogP) is 5.52. The van der Waals surface area contributed by atoms with Crippen LogP contribution in [0.1, 0.15) is 61.4 Å². The van der Waals surface area contributed by atoms with Gasteiger partial charge >= 0.3 is 0 Å². The first-order valence-corrected chi connectivity index (χ1v) is 18.1. The van der Waals surface area contributed by atoms with Gasteiger partial charge in [0.2, 0.25) is 17.6 Å². The minimum absolute atomic E-state index is 0.0458. The van der Waals surface area contributed by atoms with Crippen LogP contribution in [0, 0.1) is 5.41 Å². The number of H-pyrrole nitrogens is 1. The van der Waals surface area contributed by atoms with Gasteiger partial charge in [-0.3, -0.25) is 15.0 Å². The number of aromatic nitrogens is 4. The minimum Gasteiger partial charge on any atom is -0.471 e. The van der Waals surface area contributed by atoms with Crippen LogP contribution >= 0.6 is 0 Å². The van der Waals surface area contributed by atoms with E-state index in [0.717, 1.165) is 72.6 Å². The molecular weight excluding hydrogens is 683 g/mol. The van der Waals surface area contributed by atoms with Crippen molar-refractivity contribution in [1.29, 1.82) is 5.41 Å². The van der Waals surface area contributed by atoms with E-state index in [4.69, 9.17) is 15.2 Å². The molecule has 0 atom stereocenters. The SMILES string of the molecule is N=C1C(=O)c2ccc(C(=O)NCc3ccc(COc4nc(N)nc5nc[nH]c45)cc3)cc2C12c1ccc(N3CCC3)cc1Oc1cc(N3CCC3)ccc12. The van der Waals surface area contributed by atoms with Gasteiger partial charge in [0.05, 0.1) is 17.5 Å². The summed E-state index contributed by atoms with van der Waals surface area (Å²) in [5, 5.41) is 12.5. The third-order valence-electron chi connectivity index (χ3n) is 11.1. The van der Waals surface area contributed by atoms with Crippen molar-refractivity contribution in [3.63, 3.8) is 0 Å². The third kappa shape index (κ3) is 4.91. The van der Waals surface area contributed by atoms with Gasteiger partial charge in [-0.05, 0) is 59.9 Å². The summed E-state index contributed by atoms with van der Waals surface area (Å²) in [6.07, 6.45) is 3.79. The summed E-state index contributed by atoms with van der Waals surface area (Å²) in [6.45, 7) is 4.43. The van der Waals surface area contributed by atoms with Crippen LogP contribution in [-0.2, 0) is 18.6 Å². The number of Topliss-reactive ketones (excluding diaryl/α,β-unsaturated/α-hetero) is 1. The Morgan fingerprint density at radius 1 is 0.870 bits per heavy atom. The lowest BCUT2D eigenvalue weighted by Gasteiger charge is -2.40. The number of nitrogens with two attached hydrogens (primary N) is 1. The molecule has 3 aliphatic heterocycles. The van der Waals surface area contributed by atoms with Crippen LogP contribution in [0.5, 0.6) is 17.4 Å². The molecule has 4 aliphatic rings. The molecule has 268 valence electrons. The van der Waals surface area contributed by atoms with Gasteiger partial charge in [0.15, 0.2) is 5.65 Å². The first-order valence-electron chi connectivity index (χ1n) is 18.1. The van der Waals surface area contributed by atoms with Crippen LogP contribution < -0.4 is 30.3 Å². The quantitative estimate of drug-likeness (QED) is 0.157. The standard InChI is InChI=1S/C41H35N9O4/c42-36-35(51)28-10-7-25(38(52)44-20-23-3-5-24(6-4-23)21-53-39-34-37(46-22-45-34)47-40(43)48-39)17-31(28)41(36)29-11-8-26(49-13-1-14-49)18-32(29)54-33-19-27(9-12-30(33)41)50-15-2-16-50/h3-12,17-19,22,42H,1-2,13-16,20-21H2,(H,44,52)(H3,43,45,46,47,48). The van der Waals surface area contributed by atoms with Crippen LogP contribution in [0.15, 0.2) is 85.2 Å². The van der Waals surface area contributed by atoms with Crippen LogP contribution in [0.3, 0.4) is 0 Å². The van der Waals surface area contributed by atoms with E-state index in [0.29, 0.717) is 45.2 Å². The summed E-state index contributed by atoms with van der Waals surface area (Å²) in [7, 11) is 0. The fourth-order valence-electron chi connectivity index (χ4n) is 7.93. The second kappa shape index (κ2) is 12.2. The Morgan fingerprint density at radius 2 is 1.54 bits per heavy atom. The van der Waals surface area contributed by atoms with E-state index in [-0.39, 0.29) is 36.5 Å². The molecular formula is C41H35N9O4. The highest BCUT2D eigenvalue weighted by atomic mass is 16.5. The number of rotatable bonds is 8. The van der Waals surface area contributed by atoms with Gasteiger partial charge in [0, 0.05) is 78.5 Å². The second-order valence-electron chi connectivity index (χ2n) is 14.1. The van der Waals surface area contributed by atoms with Crippen molar-refractivity contribution in [1.82, 2.24) is 25.3 Å². The molecule has 1 amide bonds. The highest BCUT2D eigenvalue weighted by Crippen LogP contribution is 2.57. The number of nitrogens with zero attached hydrogens (tertiary/aromatic N) is 5. The van der Waals surface area contributed by atoms with E-state index in [1.54, 1.807) is 18.2 Å². The Morgan fingerprint density at radius 3 is 2.19 bits per heavy atom. The molecule has 6 aromatic rings. The molecule has 1 aliphatic carbocycles. The molecule has 13 heteroatoms. The lowest BCUT2D eigenvalue weighted by molar-refractivity contribution is 0.0950. The van der Waals surface area contributed by atoms with E-state index in [9.17, 15) is 15.0 Å². The molecule has 54 heavy (non-hydrogen) atoms. The highest BCUT2D eigenvalue weighted by molar-refractivity contribution is 6.53. The zero-order valence-corrected chi connectivity index (χ0v) is 29.2. The first kappa shape index (κ1) is 31.9. The average molecular weight is 718 g/mol. The zero-order valence-electron chi connectivity index (χ0n) is 29.2. The van der Waals surface area contributed by atoms with E-state index in [1.165, 1.54) is 6.33 Å². The number of nitrogens with one attached hydrogen (secondary N) is 3. The van der Waals surface area contributed by atoms with Gasteiger partial charge in [-0.2, -0.15) is 9.97 Å². The lowest BCUT2D eigenvalue weighted by Crippen LogP contribution is -2.40. The number of aromatic amines is 1. The number of ether oxygens (including phenoxy) is 2. The Kier molecular flexibility index (Phi) is 7.19. The molecule has 0 saturated carbocycles. The van der Waals surface area contributed by atoms with Crippen molar-refractivity contribution in [2.24, 2.45) is 0 Å². The normalized spacial score (nSPS) is 16.3. The first-order chi connectivity index (χ1) is 26.4. The summed E-state index contributed by atoms with van der Waals surface area (Å²) in [6, 6.07) is 25.0. The van der Waals surface area contributed by atoms with Crippen LogP contribution in [0.4, 0.5) is 17.3 Å². The third-order valence-corrected chi connectivity index (χ3v) is 11.1. The number of carbonyl (C=O) groups is 2. The van der Waals surface area contributed by atoms with Crippen molar-refractivity contribution in [3.8, 4) is 17.4 Å². The summed E-state index contributed by atoms with van der Waals surface area (Å²) in [5.74, 6) is 1.00. The molecule has 2 fully saturated rings. The number of hydrogen-bond acceptors (Lipinski definition) is 11. The maximum absolute atomic E-state index is 14.0. The second-order valence-corrected chi connectivity index (χ2v) is 14.1. The average Bonchev–Trinajstić information content (AvgIpc) is 3.69. The molecule has 4 aromatic carbocycles. The molecule has 1 spiro atoms. The van der Waals surface area contributed by atoms with Crippen LogP contribution in [0.25, 0.3) is 11.2 Å². The lowest BCUT2D eigenvalue weighted by atomic mass is 9.67. The summed E-state index contributed by atoms with van der Waals surface area (Å²) >= 11 is 0. The zero-order chi connectivity index (χ0) is 36.6. The van der Waals surface area contributed by atoms with Crippen molar-refractivity contribution >= 4 is 45.9 Å². The molecule has 0 radical (unpaired) electrons. The maximum atomic E-state index is 14.0. The molecule has 2 aromatic heterocycles. The predicted molar refractivity (Wildman–Crippen MR) is 203 cm³/mol. The summed E-state index contributed by atoms with van der Waals surface area (Å²) < 4.78 is 12.6.